The zero-order chi connectivity index (χ0) is 24.2. The molecule has 182 valence electrons. The summed E-state index contributed by atoms with van der Waals surface area (Å²) in [6, 6.07) is 10.5. The van der Waals surface area contributed by atoms with Crippen LogP contribution in [0, 0.1) is 29.1 Å². The minimum Gasteiger partial charge on any atom is -0.427 e. The van der Waals surface area contributed by atoms with Gasteiger partial charge in [-0.15, -0.1) is 0 Å². The SMILES string of the molecule is CCCC=C1OC(=O)C2=C1CCC1C3C=C4C(=O)OC(=CC(CC)Cc5ccccc5)C4(CC3)C21. The lowest BCUT2D eigenvalue weighted by molar-refractivity contribution is -0.135. The summed E-state index contributed by atoms with van der Waals surface area (Å²) >= 11 is 0. The molecule has 4 aliphatic carbocycles. The molecule has 1 saturated carbocycles. The van der Waals surface area contributed by atoms with Crippen LogP contribution in [-0.4, -0.2) is 11.9 Å². The molecule has 6 aliphatic rings. The fourth-order valence-electron chi connectivity index (χ4n) is 7.43. The third kappa shape index (κ3) is 3.40. The van der Waals surface area contributed by atoms with Gasteiger partial charge in [0.2, 0.25) is 0 Å². The smallest absolute Gasteiger partial charge is 0.340 e. The predicted octanol–water partition coefficient (Wildman–Crippen LogP) is 6.60. The van der Waals surface area contributed by atoms with Gasteiger partial charge >= 0.3 is 11.9 Å². The van der Waals surface area contributed by atoms with Gasteiger partial charge in [-0.3, -0.25) is 0 Å². The van der Waals surface area contributed by atoms with E-state index in [1.165, 1.54) is 5.56 Å². The topological polar surface area (TPSA) is 52.6 Å². The van der Waals surface area contributed by atoms with Gasteiger partial charge in [0.1, 0.15) is 11.5 Å². The lowest BCUT2D eigenvalue weighted by atomic mass is 9.46. The largest absolute Gasteiger partial charge is 0.427 e. The number of ether oxygens (including phenoxy) is 2. The Morgan fingerprint density at radius 1 is 1.09 bits per heavy atom. The van der Waals surface area contributed by atoms with Crippen molar-refractivity contribution in [1.82, 2.24) is 0 Å². The summed E-state index contributed by atoms with van der Waals surface area (Å²) in [4.78, 5) is 26.5. The number of allylic oxidation sites excluding steroid dienone is 5. The molecule has 0 N–H and O–H groups in total. The minimum atomic E-state index is -0.527. The van der Waals surface area contributed by atoms with E-state index in [0.717, 1.165) is 79.6 Å². The molecule has 0 amide bonds. The zero-order valence-electron chi connectivity index (χ0n) is 20.7. The molecule has 4 nitrogen and oxygen atoms in total. The molecule has 7 rings (SSSR count). The van der Waals surface area contributed by atoms with Gasteiger partial charge in [0, 0.05) is 22.6 Å². The van der Waals surface area contributed by atoms with Gasteiger partial charge in [-0.1, -0.05) is 56.7 Å². The van der Waals surface area contributed by atoms with Crippen LogP contribution in [0.5, 0.6) is 0 Å². The van der Waals surface area contributed by atoms with Crippen LogP contribution in [0.3, 0.4) is 0 Å². The van der Waals surface area contributed by atoms with E-state index in [9.17, 15) is 9.59 Å². The number of fused-ring (bicyclic) bond motifs is 1. The van der Waals surface area contributed by atoms with Crippen molar-refractivity contribution in [3.63, 3.8) is 0 Å². The highest BCUT2D eigenvalue weighted by molar-refractivity contribution is 5.99. The van der Waals surface area contributed by atoms with Crippen LogP contribution >= 0.6 is 0 Å². The fourth-order valence-corrected chi connectivity index (χ4v) is 7.43. The monoisotopic (exact) mass is 470 g/mol. The van der Waals surface area contributed by atoms with E-state index in [-0.39, 0.29) is 23.8 Å². The molecule has 2 bridgehead atoms. The number of carbonyl (C=O) groups is 2. The Hall–Kier alpha value is -2.88. The third-order valence-corrected chi connectivity index (χ3v) is 9.06. The van der Waals surface area contributed by atoms with Gasteiger partial charge in [0.25, 0.3) is 0 Å². The average Bonchev–Trinajstić information content (AvgIpc) is 3.36. The fraction of sp³-hybridized carbons (Fsp3) is 0.484. The highest BCUT2D eigenvalue weighted by Crippen LogP contribution is 2.68. The number of unbranched alkanes of at least 4 members (excludes halogenated alkanes) is 1. The molecular weight excluding hydrogens is 436 g/mol. The average molecular weight is 471 g/mol. The first-order chi connectivity index (χ1) is 17.1. The van der Waals surface area contributed by atoms with Crippen LogP contribution in [0.2, 0.25) is 0 Å². The maximum atomic E-state index is 13.3. The lowest BCUT2D eigenvalue weighted by Gasteiger charge is -2.54. The molecule has 2 aliphatic heterocycles. The normalized spacial score (nSPS) is 33.9. The van der Waals surface area contributed by atoms with Crippen molar-refractivity contribution in [3.05, 3.63) is 82.4 Å². The number of rotatable bonds is 6. The van der Waals surface area contributed by atoms with Gasteiger partial charge in [0.15, 0.2) is 0 Å². The molecule has 0 aromatic heterocycles. The summed E-state index contributed by atoms with van der Waals surface area (Å²) in [7, 11) is 0. The van der Waals surface area contributed by atoms with Crippen LogP contribution < -0.4 is 0 Å². The molecule has 2 heterocycles. The molecule has 1 aromatic carbocycles. The van der Waals surface area contributed by atoms with Crippen LogP contribution in [0.15, 0.2) is 76.8 Å². The van der Waals surface area contributed by atoms with E-state index in [4.69, 9.17) is 9.47 Å². The molecule has 1 aromatic rings. The van der Waals surface area contributed by atoms with Crippen molar-refractivity contribution in [2.45, 2.75) is 65.2 Å². The third-order valence-electron chi connectivity index (χ3n) is 9.06. The first kappa shape index (κ1) is 22.6. The second-order valence-corrected chi connectivity index (χ2v) is 10.9. The highest BCUT2D eigenvalue weighted by atomic mass is 16.5. The van der Waals surface area contributed by atoms with Gasteiger partial charge in [0.05, 0.1) is 5.41 Å². The Kier molecular flexibility index (Phi) is 5.58. The lowest BCUT2D eigenvalue weighted by Crippen LogP contribution is -2.50. The summed E-state index contributed by atoms with van der Waals surface area (Å²) in [5.74, 6) is 2.06. The number of hydrogen-bond acceptors (Lipinski definition) is 4. The maximum absolute atomic E-state index is 13.3. The molecule has 5 atom stereocenters. The van der Waals surface area contributed by atoms with E-state index in [1.54, 1.807) is 0 Å². The quantitative estimate of drug-likeness (QED) is 0.440. The van der Waals surface area contributed by atoms with Crippen LogP contribution in [0.25, 0.3) is 0 Å². The molecule has 1 spiro atoms. The predicted molar refractivity (Wildman–Crippen MR) is 134 cm³/mol. The Morgan fingerprint density at radius 3 is 2.69 bits per heavy atom. The van der Waals surface area contributed by atoms with Gasteiger partial charge in [-0.05, 0) is 80.4 Å². The van der Waals surface area contributed by atoms with E-state index in [0.29, 0.717) is 11.8 Å². The van der Waals surface area contributed by atoms with Crippen LogP contribution in [0.1, 0.15) is 64.4 Å². The summed E-state index contributed by atoms with van der Waals surface area (Å²) in [6.07, 6.45) is 14.1. The van der Waals surface area contributed by atoms with Crippen molar-refractivity contribution >= 4 is 11.9 Å². The number of esters is 2. The van der Waals surface area contributed by atoms with Crippen molar-refractivity contribution in [2.24, 2.45) is 29.1 Å². The van der Waals surface area contributed by atoms with Crippen molar-refractivity contribution in [1.29, 1.82) is 0 Å². The second kappa shape index (κ2) is 8.65. The molecule has 35 heavy (non-hydrogen) atoms. The van der Waals surface area contributed by atoms with Crippen molar-refractivity contribution in [3.8, 4) is 0 Å². The Morgan fingerprint density at radius 2 is 1.91 bits per heavy atom. The summed E-state index contributed by atoms with van der Waals surface area (Å²) < 4.78 is 11.9. The molecule has 5 unspecified atom stereocenters. The van der Waals surface area contributed by atoms with E-state index < -0.39 is 5.41 Å². The van der Waals surface area contributed by atoms with Crippen molar-refractivity contribution < 1.29 is 19.1 Å². The van der Waals surface area contributed by atoms with E-state index in [2.05, 4.69) is 56.3 Å². The van der Waals surface area contributed by atoms with Gasteiger partial charge < -0.3 is 9.47 Å². The maximum Gasteiger partial charge on any atom is 0.340 e. The number of carbonyl (C=O) groups excluding carboxylic acids is 2. The number of benzene rings is 1. The number of cyclic esters (lactones) is 2. The Bertz CT molecular complexity index is 1180. The molecule has 0 radical (unpaired) electrons. The van der Waals surface area contributed by atoms with Gasteiger partial charge in [-0.2, -0.15) is 0 Å². The Balaban J connectivity index is 1.45. The first-order valence-electron chi connectivity index (χ1n) is 13.4. The molecule has 1 saturated heterocycles. The number of hydrogen-bond donors (Lipinski definition) is 0. The first-order valence-corrected chi connectivity index (χ1v) is 13.4. The molecular formula is C31H34O4. The van der Waals surface area contributed by atoms with Gasteiger partial charge in [-0.25, -0.2) is 9.59 Å². The summed E-state index contributed by atoms with van der Waals surface area (Å²) in [5, 5.41) is 0. The van der Waals surface area contributed by atoms with Crippen LogP contribution in [0.4, 0.5) is 0 Å². The standard InChI is InChI=1S/C31H34O4/c1-3-5-11-25-23-13-12-22-21-14-15-31(28(22)27(23)30(33)34-25)24(18-21)29(32)35-26(31)17-19(4-2)16-20-9-7-6-8-10-20/h6-11,17-19,21-22,28H,3-5,12-16H2,1-2H3. The van der Waals surface area contributed by atoms with E-state index >= 15 is 0 Å². The summed E-state index contributed by atoms with van der Waals surface area (Å²) in [6.45, 7) is 4.32. The second-order valence-electron chi connectivity index (χ2n) is 10.9. The Labute approximate surface area is 207 Å². The van der Waals surface area contributed by atoms with Crippen molar-refractivity contribution in [2.75, 3.05) is 0 Å². The van der Waals surface area contributed by atoms with Crippen LogP contribution in [-0.2, 0) is 25.5 Å². The highest BCUT2D eigenvalue weighted by Gasteiger charge is 2.66. The summed E-state index contributed by atoms with van der Waals surface area (Å²) in [5.41, 5.74) is 3.47. The minimum absolute atomic E-state index is 0.0306. The molecule has 2 fully saturated rings. The van der Waals surface area contributed by atoms with E-state index in [1.807, 2.05) is 6.07 Å². The molecule has 4 heteroatoms. The zero-order valence-corrected chi connectivity index (χ0v) is 20.7.